The molecular weight excluding hydrogens is 280 g/mol. The number of nitrogens with zero attached hydrogens (tertiary/aromatic N) is 1. The molecule has 0 aromatic heterocycles. The molecule has 0 spiro atoms. The Hall–Kier alpha value is -3.29. The molecule has 8 heteroatoms. The number of hydrogen-bond acceptors (Lipinski definition) is 6. The molecule has 2 aromatic rings. The van der Waals surface area contributed by atoms with Gasteiger partial charge in [0.15, 0.2) is 0 Å². The lowest BCUT2D eigenvalue weighted by molar-refractivity contribution is -0.384. The molecule has 0 aliphatic heterocycles. The van der Waals surface area contributed by atoms with Crippen molar-refractivity contribution in [2.75, 3.05) is 5.32 Å². The first-order valence-electron chi connectivity index (χ1n) is 5.70. The number of nitrogens with one attached hydrogen (secondary N) is 1. The van der Waals surface area contributed by atoms with Crippen LogP contribution in [0.5, 0.6) is 17.2 Å². The zero-order valence-electron chi connectivity index (χ0n) is 10.5. The van der Waals surface area contributed by atoms with E-state index in [2.05, 4.69) is 5.32 Å². The molecule has 4 N–H and O–H groups in total. The number of anilines is 1. The predicted octanol–water partition coefficient (Wildman–Crippen LogP) is 1.96. The molecular formula is C13H10N2O6. The van der Waals surface area contributed by atoms with Crippen LogP contribution in [0.3, 0.4) is 0 Å². The molecule has 0 unspecified atom stereocenters. The first-order chi connectivity index (χ1) is 9.90. The summed E-state index contributed by atoms with van der Waals surface area (Å²) < 4.78 is 0. The van der Waals surface area contributed by atoms with E-state index < -0.39 is 27.9 Å². The minimum Gasteiger partial charge on any atom is -0.507 e. The molecule has 0 radical (unpaired) electrons. The number of aromatic hydroxyl groups is 3. The second kappa shape index (κ2) is 5.37. The molecule has 0 bridgehead atoms. The van der Waals surface area contributed by atoms with Crippen LogP contribution in [0.4, 0.5) is 11.4 Å². The first-order valence-corrected chi connectivity index (χ1v) is 5.70. The van der Waals surface area contributed by atoms with Crippen LogP contribution in [-0.2, 0) is 0 Å². The number of phenols is 3. The third-order valence-corrected chi connectivity index (χ3v) is 2.69. The van der Waals surface area contributed by atoms with Gasteiger partial charge in [0.25, 0.3) is 11.6 Å². The monoisotopic (exact) mass is 290 g/mol. The summed E-state index contributed by atoms with van der Waals surface area (Å²) in [5, 5.41) is 41.6. The van der Waals surface area contributed by atoms with E-state index >= 15 is 0 Å². The van der Waals surface area contributed by atoms with E-state index in [1.807, 2.05) is 0 Å². The SMILES string of the molecule is O=C(Nc1cc([N+](=O)[O-])ccc1O)c1c(O)cccc1O. The highest BCUT2D eigenvalue weighted by molar-refractivity contribution is 6.08. The van der Waals surface area contributed by atoms with Gasteiger partial charge >= 0.3 is 0 Å². The highest BCUT2D eigenvalue weighted by Gasteiger charge is 2.19. The van der Waals surface area contributed by atoms with Gasteiger partial charge in [0.2, 0.25) is 0 Å². The van der Waals surface area contributed by atoms with Crippen molar-refractivity contribution in [3.8, 4) is 17.2 Å². The Balaban J connectivity index is 2.36. The Kier molecular flexibility index (Phi) is 3.61. The second-order valence-corrected chi connectivity index (χ2v) is 4.08. The van der Waals surface area contributed by atoms with Crippen LogP contribution in [0.15, 0.2) is 36.4 Å². The molecule has 2 rings (SSSR count). The largest absolute Gasteiger partial charge is 0.507 e. The zero-order valence-corrected chi connectivity index (χ0v) is 10.5. The van der Waals surface area contributed by atoms with Crippen LogP contribution in [0.1, 0.15) is 10.4 Å². The van der Waals surface area contributed by atoms with Crippen molar-refractivity contribution in [2.45, 2.75) is 0 Å². The van der Waals surface area contributed by atoms with Crippen LogP contribution in [0.25, 0.3) is 0 Å². The minimum atomic E-state index is -0.915. The second-order valence-electron chi connectivity index (χ2n) is 4.08. The maximum atomic E-state index is 12.0. The van der Waals surface area contributed by atoms with Crippen molar-refractivity contribution in [1.82, 2.24) is 0 Å². The van der Waals surface area contributed by atoms with Crippen molar-refractivity contribution in [3.05, 3.63) is 52.1 Å². The lowest BCUT2D eigenvalue weighted by Gasteiger charge is -2.09. The number of amides is 1. The molecule has 0 aliphatic carbocycles. The van der Waals surface area contributed by atoms with Crippen molar-refractivity contribution >= 4 is 17.3 Å². The fraction of sp³-hybridized carbons (Fsp3) is 0. The van der Waals surface area contributed by atoms with E-state index in [0.29, 0.717) is 0 Å². The average molecular weight is 290 g/mol. The Morgan fingerprint density at radius 1 is 1.05 bits per heavy atom. The Morgan fingerprint density at radius 2 is 1.67 bits per heavy atom. The number of benzene rings is 2. The number of carbonyl (C=O) groups excluding carboxylic acids is 1. The summed E-state index contributed by atoms with van der Waals surface area (Å²) in [5.41, 5.74) is -0.940. The van der Waals surface area contributed by atoms with Crippen LogP contribution < -0.4 is 5.32 Å². The number of hydrogen-bond donors (Lipinski definition) is 4. The summed E-state index contributed by atoms with van der Waals surface area (Å²) in [4.78, 5) is 21.9. The molecule has 1 amide bonds. The molecule has 108 valence electrons. The molecule has 0 heterocycles. The van der Waals surface area contributed by atoms with E-state index in [4.69, 9.17) is 0 Å². The molecule has 0 atom stereocenters. The fourth-order valence-electron chi connectivity index (χ4n) is 1.68. The zero-order chi connectivity index (χ0) is 15.6. The Labute approximate surface area is 118 Å². The number of rotatable bonds is 3. The summed E-state index contributed by atoms with van der Waals surface area (Å²) in [6, 6.07) is 6.82. The summed E-state index contributed by atoms with van der Waals surface area (Å²) in [6.45, 7) is 0. The van der Waals surface area contributed by atoms with Gasteiger partial charge in [-0.1, -0.05) is 6.07 Å². The third kappa shape index (κ3) is 2.84. The van der Waals surface area contributed by atoms with E-state index in [9.17, 15) is 30.2 Å². The fourth-order valence-corrected chi connectivity index (χ4v) is 1.68. The van der Waals surface area contributed by atoms with Gasteiger partial charge < -0.3 is 20.6 Å². The van der Waals surface area contributed by atoms with Crippen molar-refractivity contribution in [1.29, 1.82) is 0 Å². The summed E-state index contributed by atoms with van der Waals surface area (Å²) in [5.74, 6) is -2.22. The molecule has 0 aliphatic rings. The van der Waals surface area contributed by atoms with Gasteiger partial charge in [-0.2, -0.15) is 0 Å². The first kappa shape index (κ1) is 14.1. The topological polar surface area (TPSA) is 133 Å². The number of phenolic OH excluding ortho intramolecular Hbond substituents is 3. The normalized spacial score (nSPS) is 10.1. The number of nitro benzene ring substituents is 1. The lowest BCUT2D eigenvalue weighted by Crippen LogP contribution is -2.12. The van der Waals surface area contributed by atoms with E-state index in [1.165, 1.54) is 18.2 Å². The van der Waals surface area contributed by atoms with Gasteiger partial charge in [0, 0.05) is 12.1 Å². The van der Waals surface area contributed by atoms with Crippen LogP contribution in [0, 0.1) is 10.1 Å². The maximum Gasteiger partial charge on any atom is 0.271 e. The molecule has 0 saturated carbocycles. The van der Waals surface area contributed by atoms with E-state index in [0.717, 1.165) is 18.2 Å². The predicted molar refractivity (Wildman–Crippen MR) is 72.5 cm³/mol. The number of nitro groups is 1. The summed E-state index contributed by atoms with van der Waals surface area (Å²) >= 11 is 0. The van der Waals surface area contributed by atoms with Gasteiger partial charge in [-0.15, -0.1) is 0 Å². The van der Waals surface area contributed by atoms with Gasteiger partial charge in [0.1, 0.15) is 22.8 Å². The van der Waals surface area contributed by atoms with Crippen molar-refractivity contribution < 1.29 is 25.0 Å². The summed E-state index contributed by atoms with van der Waals surface area (Å²) in [7, 11) is 0. The van der Waals surface area contributed by atoms with Gasteiger partial charge in [0.05, 0.1) is 10.6 Å². The Morgan fingerprint density at radius 3 is 2.24 bits per heavy atom. The molecule has 2 aromatic carbocycles. The van der Waals surface area contributed by atoms with Crippen LogP contribution >= 0.6 is 0 Å². The minimum absolute atomic E-state index is 0.211. The molecule has 0 fully saturated rings. The maximum absolute atomic E-state index is 12.0. The van der Waals surface area contributed by atoms with Crippen LogP contribution in [0.2, 0.25) is 0 Å². The average Bonchev–Trinajstić information content (AvgIpc) is 2.40. The highest BCUT2D eigenvalue weighted by atomic mass is 16.6. The third-order valence-electron chi connectivity index (χ3n) is 2.69. The van der Waals surface area contributed by atoms with E-state index in [1.54, 1.807) is 0 Å². The smallest absolute Gasteiger partial charge is 0.271 e. The van der Waals surface area contributed by atoms with Crippen molar-refractivity contribution in [2.24, 2.45) is 0 Å². The molecule has 21 heavy (non-hydrogen) atoms. The van der Waals surface area contributed by atoms with Crippen LogP contribution in [-0.4, -0.2) is 26.2 Å². The highest BCUT2D eigenvalue weighted by Crippen LogP contribution is 2.31. The standard InChI is InChI=1S/C13H10N2O6/c16-9-5-4-7(15(20)21)6-8(9)14-13(19)12-10(17)2-1-3-11(12)18/h1-6,16-18H,(H,14,19). The number of non-ortho nitro benzene ring substituents is 1. The molecule has 0 saturated heterocycles. The number of carbonyl (C=O) groups is 1. The van der Waals surface area contributed by atoms with Crippen molar-refractivity contribution in [3.63, 3.8) is 0 Å². The lowest BCUT2D eigenvalue weighted by atomic mass is 10.1. The molecule has 8 nitrogen and oxygen atoms in total. The van der Waals surface area contributed by atoms with Gasteiger partial charge in [-0.25, -0.2) is 0 Å². The quantitative estimate of drug-likeness (QED) is 0.388. The van der Waals surface area contributed by atoms with E-state index in [-0.39, 0.29) is 17.1 Å². The van der Waals surface area contributed by atoms with Gasteiger partial charge in [-0.05, 0) is 18.2 Å². The summed E-state index contributed by atoms with van der Waals surface area (Å²) in [6.07, 6.45) is 0. The van der Waals surface area contributed by atoms with Gasteiger partial charge in [-0.3, -0.25) is 14.9 Å². The Bertz CT molecular complexity index is 708.